The summed E-state index contributed by atoms with van der Waals surface area (Å²) in [5, 5.41) is 0. The van der Waals surface area contributed by atoms with Crippen molar-refractivity contribution in [2.24, 2.45) is 0 Å². The lowest BCUT2D eigenvalue weighted by Gasteiger charge is -2.24. The molecule has 0 fully saturated rings. The van der Waals surface area contributed by atoms with Crippen LogP contribution < -0.4 is 0 Å². The van der Waals surface area contributed by atoms with E-state index in [0.29, 0.717) is 18.7 Å². The summed E-state index contributed by atoms with van der Waals surface area (Å²) in [6.07, 6.45) is 0. The summed E-state index contributed by atoms with van der Waals surface area (Å²) in [5.74, 6) is -0.412. The number of benzene rings is 2. The summed E-state index contributed by atoms with van der Waals surface area (Å²) in [7, 11) is 3.95. The number of likely N-dealkylation sites (N-methyl/N-ethyl adjacent to an activating group) is 1. The van der Waals surface area contributed by atoms with Crippen LogP contribution >= 0.6 is 0 Å². The number of halogens is 1. The Labute approximate surface area is 131 Å². The second kappa shape index (κ2) is 7.71. The molecule has 0 aliphatic heterocycles. The fourth-order valence-corrected chi connectivity index (χ4v) is 2.15. The van der Waals surface area contributed by atoms with Gasteiger partial charge in [0.1, 0.15) is 5.82 Å². The Morgan fingerprint density at radius 2 is 1.59 bits per heavy atom. The molecule has 0 aliphatic carbocycles. The number of hydrogen-bond acceptors (Lipinski definition) is 2. The molecule has 0 unspecified atom stereocenters. The molecule has 0 aromatic heterocycles. The maximum Gasteiger partial charge on any atom is 0.254 e. The summed E-state index contributed by atoms with van der Waals surface area (Å²) < 4.78 is 13.0. The maximum atomic E-state index is 13.0. The highest BCUT2D eigenvalue weighted by atomic mass is 19.1. The second-order valence-electron chi connectivity index (χ2n) is 5.52. The highest BCUT2D eigenvalue weighted by molar-refractivity contribution is 5.94. The van der Waals surface area contributed by atoms with Crippen molar-refractivity contribution in [2.75, 3.05) is 27.2 Å². The van der Waals surface area contributed by atoms with E-state index in [1.54, 1.807) is 4.90 Å². The summed E-state index contributed by atoms with van der Waals surface area (Å²) >= 11 is 0. The molecular weight excluding hydrogens is 279 g/mol. The van der Waals surface area contributed by atoms with Crippen LogP contribution in [-0.4, -0.2) is 42.9 Å². The van der Waals surface area contributed by atoms with Gasteiger partial charge in [0.05, 0.1) is 0 Å². The van der Waals surface area contributed by atoms with E-state index in [1.165, 1.54) is 24.3 Å². The highest BCUT2D eigenvalue weighted by Gasteiger charge is 2.16. The molecule has 0 heterocycles. The number of carbonyl (C=O) groups is 1. The Morgan fingerprint density at radius 1 is 0.955 bits per heavy atom. The average Bonchev–Trinajstić information content (AvgIpc) is 2.52. The zero-order chi connectivity index (χ0) is 15.9. The molecule has 1 amide bonds. The van der Waals surface area contributed by atoms with Gasteiger partial charge in [-0.15, -0.1) is 0 Å². The number of amides is 1. The quantitative estimate of drug-likeness (QED) is 0.818. The molecule has 3 nitrogen and oxygen atoms in total. The van der Waals surface area contributed by atoms with Gasteiger partial charge in [-0.05, 0) is 43.9 Å². The van der Waals surface area contributed by atoms with Gasteiger partial charge in [0.2, 0.25) is 0 Å². The summed E-state index contributed by atoms with van der Waals surface area (Å²) in [5.41, 5.74) is 1.59. The molecule has 0 bridgehead atoms. The van der Waals surface area contributed by atoms with E-state index >= 15 is 0 Å². The van der Waals surface area contributed by atoms with Crippen LogP contribution in [0, 0.1) is 5.82 Å². The molecule has 22 heavy (non-hydrogen) atoms. The molecule has 116 valence electrons. The van der Waals surface area contributed by atoms with E-state index in [4.69, 9.17) is 0 Å². The van der Waals surface area contributed by atoms with Gasteiger partial charge in [0.15, 0.2) is 0 Å². The standard InChI is InChI=1S/C18H21FN2O/c1-20(2)12-13-21(14-15-6-4-3-5-7-15)18(22)16-8-10-17(19)11-9-16/h3-11H,12-14H2,1-2H3. The van der Waals surface area contributed by atoms with Crippen molar-refractivity contribution in [1.82, 2.24) is 9.80 Å². The predicted octanol–water partition coefficient (Wildman–Crippen LogP) is 3.03. The molecule has 0 radical (unpaired) electrons. The third-order valence-corrected chi connectivity index (χ3v) is 3.41. The SMILES string of the molecule is CN(C)CCN(Cc1ccccc1)C(=O)c1ccc(F)cc1. The second-order valence-corrected chi connectivity index (χ2v) is 5.52. The lowest BCUT2D eigenvalue weighted by Crippen LogP contribution is -2.36. The van der Waals surface area contributed by atoms with Gasteiger partial charge < -0.3 is 9.80 Å². The topological polar surface area (TPSA) is 23.6 Å². The van der Waals surface area contributed by atoms with Gasteiger partial charge in [0.25, 0.3) is 5.91 Å². The fourth-order valence-electron chi connectivity index (χ4n) is 2.15. The largest absolute Gasteiger partial charge is 0.333 e. The fraction of sp³-hybridized carbons (Fsp3) is 0.278. The van der Waals surface area contributed by atoms with Crippen molar-refractivity contribution < 1.29 is 9.18 Å². The molecule has 2 aromatic rings. The van der Waals surface area contributed by atoms with Crippen LogP contribution in [-0.2, 0) is 6.54 Å². The van der Waals surface area contributed by atoms with E-state index < -0.39 is 0 Å². The maximum absolute atomic E-state index is 13.0. The zero-order valence-corrected chi connectivity index (χ0v) is 13.0. The van der Waals surface area contributed by atoms with Crippen LogP contribution in [0.2, 0.25) is 0 Å². The first kappa shape index (κ1) is 16.2. The first-order valence-electron chi connectivity index (χ1n) is 7.30. The van der Waals surface area contributed by atoms with Gasteiger partial charge in [-0.3, -0.25) is 4.79 Å². The Balaban J connectivity index is 2.15. The van der Waals surface area contributed by atoms with Gasteiger partial charge >= 0.3 is 0 Å². The lowest BCUT2D eigenvalue weighted by molar-refractivity contribution is 0.0732. The molecule has 0 saturated carbocycles. The Bertz CT molecular complexity index is 596. The number of hydrogen-bond donors (Lipinski definition) is 0. The van der Waals surface area contributed by atoms with Gasteiger partial charge in [-0.25, -0.2) is 4.39 Å². The lowest BCUT2D eigenvalue weighted by atomic mass is 10.1. The number of carbonyl (C=O) groups excluding carboxylic acids is 1. The molecule has 0 atom stereocenters. The minimum Gasteiger partial charge on any atom is -0.333 e. The van der Waals surface area contributed by atoms with Crippen molar-refractivity contribution >= 4 is 5.91 Å². The van der Waals surface area contributed by atoms with Crippen LogP contribution in [0.4, 0.5) is 4.39 Å². The Morgan fingerprint density at radius 3 is 2.18 bits per heavy atom. The first-order chi connectivity index (χ1) is 10.6. The summed E-state index contributed by atoms with van der Waals surface area (Å²) in [6, 6.07) is 15.6. The van der Waals surface area contributed by atoms with Crippen molar-refractivity contribution in [1.29, 1.82) is 0 Å². The summed E-state index contributed by atoms with van der Waals surface area (Å²) in [6.45, 7) is 1.95. The smallest absolute Gasteiger partial charge is 0.254 e. The van der Waals surface area contributed by atoms with Crippen molar-refractivity contribution in [3.05, 3.63) is 71.5 Å². The molecule has 0 saturated heterocycles. The first-order valence-corrected chi connectivity index (χ1v) is 7.30. The van der Waals surface area contributed by atoms with Crippen LogP contribution in [0.15, 0.2) is 54.6 Å². The van der Waals surface area contributed by atoms with Crippen molar-refractivity contribution in [3.63, 3.8) is 0 Å². The Kier molecular flexibility index (Phi) is 5.67. The van der Waals surface area contributed by atoms with Crippen molar-refractivity contribution in [2.45, 2.75) is 6.54 Å². The van der Waals surface area contributed by atoms with Crippen molar-refractivity contribution in [3.8, 4) is 0 Å². The third-order valence-electron chi connectivity index (χ3n) is 3.41. The molecule has 0 aliphatic rings. The third kappa shape index (κ3) is 4.67. The van der Waals surface area contributed by atoms with E-state index in [9.17, 15) is 9.18 Å². The molecule has 4 heteroatoms. The zero-order valence-electron chi connectivity index (χ0n) is 13.0. The molecule has 2 aromatic carbocycles. The predicted molar refractivity (Wildman–Crippen MR) is 86.1 cm³/mol. The van der Waals surface area contributed by atoms with E-state index in [0.717, 1.165) is 12.1 Å². The minimum absolute atomic E-state index is 0.0781. The monoisotopic (exact) mass is 300 g/mol. The normalized spacial score (nSPS) is 10.7. The molecule has 2 rings (SSSR count). The highest BCUT2D eigenvalue weighted by Crippen LogP contribution is 2.11. The molecule has 0 spiro atoms. The van der Waals surface area contributed by atoms with Gasteiger partial charge in [-0.2, -0.15) is 0 Å². The summed E-state index contributed by atoms with van der Waals surface area (Å²) in [4.78, 5) is 16.5. The van der Waals surface area contributed by atoms with Crippen LogP contribution in [0.25, 0.3) is 0 Å². The molecular formula is C18H21FN2O. The average molecular weight is 300 g/mol. The number of nitrogens with zero attached hydrogens (tertiary/aromatic N) is 2. The minimum atomic E-state index is -0.334. The Hall–Kier alpha value is -2.20. The molecule has 0 N–H and O–H groups in total. The van der Waals surface area contributed by atoms with Crippen LogP contribution in [0.3, 0.4) is 0 Å². The van der Waals surface area contributed by atoms with Crippen LogP contribution in [0.1, 0.15) is 15.9 Å². The van der Waals surface area contributed by atoms with E-state index in [2.05, 4.69) is 0 Å². The van der Waals surface area contributed by atoms with Gasteiger partial charge in [-0.1, -0.05) is 30.3 Å². The van der Waals surface area contributed by atoms with E-state index in [-0.39, 0.29) is 11.7 Å². The number of rotatable bonds is 6. The van der Waals surface area contributed by atoms with Crippen LogP contribution in [0.5, 0.6) is 0 Å². The van der Waals surface area contributed by atoms with E-state index in [1.807, 2.05) is 49.3 Å². The van der Waals surface area contributed by atoms with Gasteiger partial charge in [0, 0.05) is 25.2 Å².